The molecule has 0 N–H and O–H groups in total. The van der Waals surface area contributed by atoms with Crippen LogP contribution < -0.4 is 0 Å². The molecule has 2 atom stereocenters. The van der Waals surface area contributed by atoms with E-state index in [1.807, 2.05) is 30.3 Å². The number of carbonyl (C=O) groups excluding carboxylic acids is 2. The van der Waals surface area contributed by atoms with Crippen LogP contribution in [-0.4, -0.2) is 56.9 Å². The van der Waals surface area contributed by atoms with Crippen LogP contribution in [-0.2, 0) is 16.1 Å². The molecular formula is C17H17N3O3S2. The Labute approximate surface area is 155 Å². The number of hydrogen-bond acceptors (Lipinski definition) is 6. The Morgan fingerprint density at radius 3 is 2.80 bits per heavy atom. The van der Waals surface area contributed by atoms with Gasteiger partial charge in [0.05, 0.1) is 11.9 Å². The molecule has 8 heteroatoms. The Bertz CT molecular complexity index is 720. The van der Waals surface area contributed by atoms with E-state index in [9.17, 15) is 14.9 Å². The monoisotopic (exact) mass is 375 g/mol. The molecule has 2 amide bonds. The predicted molar refractivity (Wildman–Crippen MR) is 97.9 cm³/mol. The summed E-state index contributed by atoms with van der Waals surface area (Å²) in [6.07, 6.45) is -0.0629. The molecule has 0 bridgehead atoms. The summed E-state index contributed by atoms with van der Waals surface area (Å²) < 4.78 is 5.34. The highest BCUT2D eigenvalue weighted by atomic mass is 32.2. The molecule has 2 heterocycles. The number of carbonyl (C=O) groups is 2. The topological polar surface area (TPSA) is 73.6 Å². The van der Waals surface area contributed by atoms with Crippen molar-refractivity contribution in [3.63, 3.8) is 0 Å². The number of amides is 2. The highest BCUT2D eigenvalue weighted by molar-refractivity contribution is 7.99. The minimum Gasteiger partial charge on any atom is -0.445 e. The predicted octanol–water partition coefficient (Wildman–Crippen LogP) is 2.19. The van der Waals surface area contributed by atoms with Gasteiger partial charge in [0.1, 0.15) is 18.7 Å². The van der Waals surface area contributed by atoms with Gasteiger partial charge in [-0.05, 0) is 12.0 Å². The quantitative estimate of drug-likeness (QED) is 0.754. The zero-order valence-corrected chi connectivity index (χ0v) is 15.1. The van der Waals surface area contributed by atoms with Crippen LogP contribution in [0.1, 0.15) is 12.0 Å². The highest BCUT2D eigenvalue weighted by Gasteiger charge is 2.43. The van der Waals surface area contributed by atoms with Gasteiger partial charge in [0, 0.05) is 17.2 Å². The molecule has 130 valence electrons. The van der Waals surface area contributed by atoms with Gasteiger partial charge in [-0.2, -0.15) is 5.26 Å². The maximum atomic E-state index is 12.8. The first-order valence-corrected chi connectivity index (χ1v) is 9.46. The van der Waals surface area contributed by atoms with Crippen LogP contribution in [0.3, 0.4) is 0 Å². The number of hydrogen-bond donors (Lipinski definition) is 0. The lowest BCUT2D eigenvalue weighted by Gasteiger charge is -2.28. The standard InChI is InChI=1S/C17H17N3O3S2/c18-8-13-10-25-11-20(13)16(21)15-14(24)6-7-19(15)17(22)23-9-12-4-2-1-3-5-12/h1-5,13,15H,6-7,9-11H2/t13-,15+/m1/s1. The van der Waals surface area contributed by atoms with E-state index in [4.69, 9.17) is 17.0 Å². The molecule has 0 spiro atoms. The van der Waals surface area contributed by atoms with Crippen LogP contribution in [0.4, 0.5) is 4.79 Å². The summed E-state index contributed by atoms with van der Waals surface area (Å²) in [6.45, 7) is 0.505. The minimum absolute atomic E-state index is 0.143. The van der Waals surface area contributed by atoms with E-state index in [0.29, 0.717) is 29.5 Å². The average Bonchev–Trinajstić information content (AvgIpc) is 3.26. The molecule has 0 saturated carbocycles. The Kier molecular flexibility index (Phi) is 5.56. The van der Waals surface area contributed by atoms with Crippen molar-refractivity contribution in [2.45, 2.75) is 25.1 Å². The lowest BCUT2D eigenvalue weighted by atomic mass is 10.1. The molecule has 0 aliphatic carbocycles. The molecule has 0 aromatic heterocycles. The Hall–Kier alpha value is -2.11. The summed E-state index contributed by atoms with van der Waals surface area (Å²) in [5, 5.41) is 9.18. The third kappa shape index (κ3) is 3.78. The van der Waals surface area contributed by atoms with Crippen LogP contribution in [0.2, 0.25) is 0 Å². The summed E-state index contributed by atoms with van der Waals surface area (Å²) in [5.41, 5.74) is 0.876. The molecule has 2 aliphatic rings. The van der Waals surface area contributed by atoms with E-state index in [0.717, 1.165) is 5.56 Å². The molecule has 2 saturated heterocycles. The smallest absolute Gasteiger partial charge is 0.411 e. The zero-order valence-electron chi connectivity index (χ0n) is 13.5. The van der Waals surface area contributed by atoms with E-state index >= 15 is 0 Å². The van der Waals surface area contributed by atoms with Crippen molar-refractivity contribution in [2.75, 3.05) is 18.2 Å². The molecule has 0 radical (unpaired) electrons. The SMILES string of the molecule is N#C[C@@H]1CSCN1C(=O)[C@@H]1C(=S)CCN1C(=O)OCc1ccccc1. The van der Waals surface area contributed by atoms with Crippen molar-refractivity contribution in [1.82, 2.24) is 9.80 Å². The van der Waals surface area contributed by atoms with Gasteiger partial charge in [-0.3, -0.25) is 9.69 Å². The number of thiocarbonyl (C=S) groups is 1. The van der Waals surface area contributed by atoms with E-state index in [1.165, 1.54) is 21.6 Å². The number of thioether (sulfide) groups is 1. The molecular weight excluding hydrogens is 358 g/mol. The van der Waals surface area contributed by atoms with Crippen LogP contribution >= 0.6 is 24.0 Å². The number of rotatable bonds is 3. The van der Waals surface area contributed by atoms with E-state index in [-0.39, 0.29) is 12.5 Å². The van der Waals surface area contributed by atoms with Gasteiger partial charge < -0.3 is 9.64 Å². The number of nitrogens with zero attached hydrogens (tertiary/aromatic N) is 3. The first-order valence-electron chi connectivity index (χ1n) is 7.89. The number of benzene rings is 1. The number of likely N-dealkylation sites (tertiary alicyclic amines) is 1. The second kappa shape index (κ2) is 7.85. The van der Waals surface area contributed by atoms with E-state index in [1.54, 1.807) is 0 Å². The van der Waals surface area contributed by atoms with Crippen molar-refractivity contribution < 1.29 is 14.3 Å². The van der Waals surface area contributed by atoms with Crippen molar-refractivity contribution in [1.29, 1.82) is 5.26 Å². The normalized spacial score (nSPS) is 22.8. The van der Waals surface area contributed by atoms with Crippen molar-refractivity contribution in [2.24, 2.45) is 0 Å². The molecule has 3 rings (SSSR count). The number of nitriles is 1. The summed E-state index contributed by atoms with van der Waals surface area (Å²) in [5.74, 6) is 0.749. The Morgan fingerprint density at radius 2 is 2.08 bits per heavy atom. The largest absolute Gasteiger partial charge is 0.445 e. The Balaban J connectivity index is 1.68. The van der Waals surface area contributed by atoms with Gasteiger partial charge in [-0.25, -0.2) is 4.79 Å². The van der Waals surface area contributed by atoms with Gasteiger partial charge in [0.2, 0.25) is 0 Å². The third-order valence-corrected chi connectivity index (χ3v) is 5.64. The van der Waals surface area contributed by atoms with Crippen LogP contribution in [0, 0.1) is 11.3 Å². The van der Waals surface area contributed by atoms with Gasteiger partial charge >= 0.3 is 6.09 Å². The minimum atomic E-state index is -0.812. The second-order valence-corrected chi connectivity index (χ2v) is 7.33. The van der Waals surface area contributed by atoms with Crippen molar-refractivity contribution in [3.05, 3.63) is 35.9 Å². The Morgan fingerprint density at radius 1 is 1.32 bits per heavy atom. The molecule has 1 aromatic carbocycles. The first kappa shape index (κ1) is 17.7. The summed E-state index contributed by atoms with van der Waals surface area (Å²) in [4.78, 5) is 28.7. The third-order valence-electron chi connectivity index (χ3n) is 4.20. The lowest BCUT2D eigenvalue weighted by Crippen LogP contribution is -2.51. The molecule has 2 fully saturated rings. The van der Waals surface area contributed by atoms with Gasteiger partial charge in [-0.1, -0.05) is 42.5 Å². The number of ether oxygens (including phenoxy) is 1. The zero-order chi connectivity index (χ0) is 17.8. The fourth-order valence-electron chi connectivity index (χ4n) is 2.86. The molecule has 25 heavy (non-hydrogen) atoms. The molecule has 0 unspecified atom stereocenters. The molecule has 1 aromatic rings. The fourth-order valence-corrected chi connectivity index (χ4v) is 4.27. The maximum absolute atomic E-state index is 12.8. The summed E-state index contributed by atoms with van der Waals surface area (Å²) >= 11 is 6.84. The maximum Gasteiger partial charge on any atom is 0.411 e. The fraction of sp³-hybridized carbons (Fsp3) is 0.412. The van der Waals surface area contributed by atoms with Crippen LogP contribution in [0.15, 0.2) is 30.3 Å². The summed E-state index contributed by atoms with van der Waals surface area (Å²) in [6, 6.07) is 10.2. The van der Waals surface area contributed by atoms with Gasteiger partial charge in [0.15, 0.2) is 0 Å². The average molecular weight is 375 g/mol. The van der Waals surface area contributed by atoms with E-state index in [2.05, 4.69) is 6.07 Å². The highest BCUT2D eigenvalue weighted by Crippen LogP contribution is 2.26. The van der Waals surface area contributed by atoms with Gasteiger partial charge in [0.25, 0.3) is 5.91 Å². The first-order chi connectivity index (χ1) is 12.1. The van der Waals surface area contributed by atoms with Crippen LogP contribution in [0.25, 0.3) is 0 Å². The van der Waals surface area contributed by atoms with Crippen molar-refractivity contribution >= 4 is 40.8 Å². The second-order valence-electron chi connectivity index (χ2n) is 5.81. The molecule has 6 nitrogen and oxygen atoms in total. The van der Waals surface area contributed by atoms with Crippen LogP contribution in [0.5, 0.6) is 0 Å². The lowest BCUT2D eigenvalue weighted by molar-refractivity contribution is -0.133. The van der Waals surface area contributed by atoms with Gasteiger partial charge in [-0.15, -0.1) is 11.8 Å². The molecule has 2 aliphatic heterocycles. The summed E-state index contributed by atoms with van der Waals surface area (Å²) in [7, 11) is 0. The van der Waals surface area contributed by atoms with E-state index < -0.39 is 18.2 Å². The van der Waals surface area contributed by atoms with Crippen molar-refractivity contribution in [3.8, 4) is 6.07 Å².